The molecule has 0 heterocycles. The van der Waals surface area contributed by atoms with Gasteiger partial charge in [0.2, 0.25) is 6.10 Å². The molecule has 4 aromatic carbocycles. The number of sulfone groups is 1. The van der Waals surface area contributed by atoms with Gasteiger partial charge in [0.05, 0.1) is 4.90 Å². The van der Waals surface area contributed by atoms with E-state index in [1.54, 1.807) is 54.6 Å². The number of nitrogens with one attached hydrogen (secondary N) is 2. The van der Waals surface area contributed by atoms with E-state index in [0.717, 1.165) is 5.56 Å². The summed E-state index contributed by atoms with van der Waals surface area (Å²) in [7, 11) is -3.52. The van der Waals surface area contributed by atoms with Crippen LogP contribution in [0.2, 0.25) is 0 Å². The first-order valence-corrected chi connectivity index (χ1v) is 13.4. The number of amidine groups is 1. The number of carbonyl (C=O) groups is 1. The van der Waals surface area contributed by atoms with E-state index in [0.29, 0.717) is 28.0 Å². The zero-order valence-electron chi connectivity index (χ0n) is 20.2. The number of hydrogen-bond donors (Lipinski definition) is 3. The van der Waals surface area contributed by atoms with Crippen molar-refractivity contribution >= 4 is 21.6 Å². The molecule has 1 unspecified atom stereocenters. The van der Waals surface area contributed by atoms with E-state index in [4.69, 9.17) is 15.9 Å². The van der Waals surface area contributed by atoms with Crippen LogP contribution in [0, 0.1) is 5.41 Å². The fourth-order valence-corrected chi connectivity index (χ4v) is 4.85. The van der Waals surface area contributed by atoms with Gasteiger partial charge in [-0.1, -0.05) is 84.9 Å². The predicted molar refractivity (Wildman–Crippen MR) is 144 cm³/mol. The first-order chi connectivity index (χ1) is 17.7. The van der Waals surface area contributed by atoms with E-state index in [2.05, 4.69) is 5.32 Å². The second-order valence-corrected chi connectivity index (χ2v) is 10.5. The number of rotatable bonds is 9. The number of nitrogen functional groups attached to an aromatic ring is 1. The van der Waals surface area contributed by atoms with Gasteiger partial charge >= 0.3 is 0 Å². The number of nitrogens with two attached hydrogens (primary N) is 1. The molecule has 0 bridgehead atoms. The van der Waals surface area contributed by atoms with Gasteiger partial charge in [-0.05, 0) is 29.3 Å². The Morgan fingerprint density at radius 2 is 1.59 bits per heavy atom. The van der Waals surface area contributed by atoms with Crippen LogP contribution < -0.4 is 15.8 Å². The first-order valence-electron chi connectivity index (χ1n) is 11.5. The number of carbonyl (C=O) groups excluding carboxylic acids is 1. The highest BCUT2D eigenvalue weighted by Crippen LogP contribution is 2.29. The number of amides is 1. The van der Waals surface area contributed by atoms with Crippen molar-refractivity contribution in [2.45, 2.75) is 17.5 Å². The van der Waals surface area contributed by atoms with Crippen LogP contribution in [0.3, 0.4) is 0 Å². The maximum absolute atomic E-state index is 13.3. The van der Waals surface area contributed by atoms with Gasteiger partial charge in [-0.2, -0.15) is 0 Å². The van der Waals surface area contributed by atoms with E-state index in [1.807, 2.05) is 48.5 Å². The Balaban J connectivity index is 1.58. The maximum atomic E-state index is 13.3. The van der Waals surface area contributed by atoms with E-state index >= 15 is 0 Å². The molecule has 0 aliphatic carbocycles. The first kappa shape index (κ1) is 25.7. The summed E-state index contributed by atoms with van der Waals surface area (Å²) in [4.78, 5) is 13.5. The summed E-state index contributed by atoms with van der Waals surface area (Å²) in [6, 6.07) is 30.2. The minimum Gasteiger partial charge on any atom is -0.476 e. The predicted octanol–water partition coefficient (Wildman–Crippen LogP) is 4.48. The maximum Gasteiger partial charge on any atom is 0.266 e. The SMILES string of the molecule is CS(=O)(=O)c1cc(CNC(=O)C(Oc2cccc(C(=N)N)c2)c2ccccc2)ccc1-c1ccccc1. The summed E-state index contributed by atoms with van der Waals surface area (Å²) in [5.41, 5.74) is 8.76. The molecule has 1 amide bonds. The smallest absolute Gasteiger partial charge is 0.266 e. The Morgan fingerprint density at radius 1 is 0.919 bits per heavy atom. The molecule has 0 saturated carbocycles. The summed E-state index contributed by atoms with van der Waals surface area (Å²) in [6.45, 7) is 0.108. The van der Waals surface area contributed by atoms with Crippen LogP contribution in [-0.2, 0) is 21.2 Å². The zero-order valence-corrected chi connectivity index (χ0v) is 21.0. The van der Waals surface area contributed by atoms with E-state index in [1.165, 1.54) is 6.26 Å². The third kappa shape index (κ3) is 6.42. The fourth-order valence-electron chi connectivity index (χ4n) is 3.90. The van der Waals surface area contributed by atoms with Crippen molar-refractivity contribution in [2.24, 2.45) is 5.73 Å². The second-order valence-electron chi connectivity index (χ2n) is 8.54. The van der Waals surface area contributed by atoms with Crippen LogP contribution in [-0.4, -0.2) is 26.4 Å². The lowest BCUT2D eigenvalue weighted by Crippen LogP contribution is -2.32. The van der Waals surface area contributed by atoms with Crippen molar-refractivity contribution in [1.29, 1.82) is 5.41 Å². The average Bonchev–Trinajstić information content (AvgIpc) is 2.91. The summed E-state index contributed by atoms with van der Waals surface area (Å²) in [6.07, 6.45) is 0.201. The molecule has 37 heavy (non-hydrogen) atoms. The minimum atomic E-state index is -3.52. The fraction of sp³-hybridized carbons (Fsp3) is 0.103. The molecular formula is C29H27N3O4S. The number of ether oxygens (including phenoxy) is 1. The van der Waals surface area contributed by atoms with Crippen LogP contribution in [0.25, 0.3) is 11.1 Å². The Bertz CT molecular complexity index is 1520. The molecule has 188 valence electrons. The lowest BCUT2D eigenvalue weighted by atomic mass is 10.0. The van der Waals surface area contributed by atoms with Gasteiger partial charge in [0, 0.05) is 29.5 Å². The van der Waals surface area contributed by atoms with Crippen molar-refractivity contribution in [1.82, 2.24) is 5.32 Å². The monoisotopic (exact) mass is 513 g/mol. The van der Waals surface area contributed by atoms with Crippen molar-refractivity contribution in [3.05, 3.63) is 120 Å². The third-order valence-corrected chi connectivity index (χ3v) is 6.87. The largest absolute Gasteiger partial charge is 0.476 e. The van der Waals surface area contributed by atoms with Crippen molar-refractivity contribution < 1.29 is 17.9 Å². The Morgan fingerprint density at radius 3 is 2.24 bits per heavy atom. The molecule has 0 spiro atoms. The van der Waals surface area contributed by atoms with E-state index in [-0.39, 0.29) is 17.3 Å². The molecule has 0 aliphatic rings. The van der Waals surface area contributed by atoms with Crippen LogP contribution >= 0.6 is 0 Å². The summed E-state index contributed by atoms with van der Waals surface area (Å²) in [5.74, 6) is -0.109. The van der Waals surface area contributed by atoms with Gasteiger partial charge in [-0.25, -0.2) is 8.42 Å². The molecule has 0 aromatic heterocycles. The normalized spacial score (nSPS) is 11.9. The molecule has 4 rings (SSSR count). The second kappa shape index (κ2) is 11.1. The highest BCUT2D eigenvalue weighted by Gasteiger charge is 2.23. The van der Waals surface area contributed by atoms with E-state index in [9.17, 15) is 13.2 Å². The molecule has 0 radical (unpaired) electrons. The summed E-state index contributed by atoms with van der Waals surface area (Å²) in [5, 5.41) is 10.5. The van der Waals surface area contributed by atoms with E-state index < -0.39 is 21.8 Å². The highest BCUT2D eigenvalue weighted by molar-refractivity contribution is 7.90. The highest BCUT2D eigenvalue weighted by atomic mass is 32.2. The standard InChI is InChI=1S/C29H27N3O4S/c1-37(34,35)26-17-20(15-16-25(26)21-9-4-2-5-10-21)19-32-29(33)27(22-11-6-3-7-12-22)36-24-14-8-13-23(18-24)28(30)31/h2-18,27H,19H2,1H3,(H3,30,31)(H,32,33). The van der Waals surface area contributed by atoms with Crippen LogP contribution in [0.4, 0.5) is 0 Å². The quantitative estimate of drug-likeness (QED) is 0.225. The molecule has 8 heteroatoms. The molecular weight excluding hydrogens is 486 g/mol. The van der Waals surface area contributed by atoms with Crippen LogP contribution in [0.15, 0.2) is 108 Å². The van der Waals surface area contributed by atoms with Crippen molar-refractivity contribution in [2.75, 3.05) is 6.26 Å². The van der Waals surface area contributed by atoms with Gasteiger partial charge in [0.1, 0.15) is 11.6 Å². The average molecular weight is 514 g/mol. The third-order valence-electron chi connectivity index (χ3n) is 5.74. The van der Waals surface area contributed by atoms with Gasteiger partial charge in [0.15, 0.2) is 9.84 Å². The Kier molecular flexibility index (Phi) is 7.69. The molecule has 4 N–H and O–H groups in total. The van der Waals surface area contributed by atoms with Crippen molar-refractivity contribution in [3.63, 3.8) is 0 Å². The Labute approximate surface area is 216 Å². The molecule has 0 aliphatic heterocycles. The zero-order chi connectivity index (χ0) is 26.4. The van der Waals surface area contributed by atoms with Crippen molar-refractivity contribution in [3.8, 4) is 16.9 Å². The lowest BCUT2D eigenvalue weighted by Gasteiger charge is -2.20. The lowest BCUT2D eigenvalue weighted by molar-refractivity contribution is -0.128. The Hall–Kier alpha value is -4.43. The topological polar surface area (TPSA) is 122 Å². The molecule has 1 atom stereocenters. The molecule has 0 saturated heterocycles. The summed E-state index contributed by atoms with van der Waals surface area (Å²) < 4.78 is 31.2. The van der Waals surface area contributed by atoms with Gasteiger partial charge in [0.25, 0.3) is 5.91 Å². The van der Waals surface area contributed by atoms with Crippen LogP contribution in [0.1, 0.15) is 22.8 Å². The van der Waals surface area contributed by atoms with Gasteiger partial charge in [-0.15, -0.1) is 0 Å². The minimum absolute atomic E-state index is 0.105. The van der Waals surface area contributed by atoms with Gasteiger partial charge < -0.3 is 15.8 Å². The van der Waals surface area contributed by atoms with Crippen LogP contribution in [0.5, 0.6) is 5.75 Å². The molecule has 7 nitrogen and oxygen atoms in total. The van der Waals surface area contributed by atoms with Gasteiger partial charge in [-0.3, -0.25) is 10.2 Å². The number of benzene rings is 4. The summed E-state index contributed by atoms with van der Waals surface area (Å²) >= 11 is 0. The number of hydrogen-bond acceptors (Lipinski definition) is 5. The molecule has 4 aromatic rings. The molecule has 0 fully saturated rings.